The maximum atomic E-state index is 13.3. The summed E-state index contributed by atoms with van der Waals surface area (Å²) in [4.78, 5) is 30.0. The number of hydrogen-bond donors (Lipinski definition) is 1. The zero-order chi connectivity index (χ0) is 21.1. The largest absolute Gasteiger partial charge is 0.368 e. The van der Waals surface area contributed by atoms with Crippen molar-refractivity contribution < 1.29 is 14.0 Å². The minimum absolute atomic E-state index is 0.0797. The molecular formula is C22H24FN5O2. The van der Waals surface area contributed by atoms with E-state index in [4.69, 9.17) is 10.7 Å². The monoisotopic (exact) mass is 409 g/mol. The summed E-state index contributed by atoms with van der Waals surface area (Å²) in [6.45, 7) is 0. The Balaban J connectivity index is 1.66. The zero-order valence-corrected chi connectivity index (χ0v) is 16.6. The molecule has 156 valence electrons. The molecule has 2 N–H and O–H groups in total. The smallest absolute Gasteiger partial charge is 0.279 e. The molecule has 2 aliphatic rings. The number of pyridine rings is 1. The first-order valence-electron chi connectivity index (χ1n) is 10.2. The molecule has 0 radical (unpaired) electrons. The van der Waals surface area contributed by atoms with Crippen LogP contribution in [0.25, 0.3) is 0 Å². The number of primary amides is 1. The number of halogens is 1. The van der Waals surface area contributed by atoms with E-state index >= 15 is 0 Å². The third-order valence-electron chi connectivity index (χ3n) is 5.52. The van der Waals surface area contributed by atoms with E-state index in [2.05, 4.69) is 5.10 Å². The van der Waals surface area contributed by atoms with Crippen LogP contribution in [0.15, 0.2) is 58.8 Å². The van der Waals surface area contributed by atoms with Gasteiger partial charge in [-0.25, -0.2) is 4.39 Å². The van der Waals surface area contributed by atoms with Crippen LogP contribution < -0.4 is 16.2 Å². The molecule has 4 rings (SSSR count). The van der Waals surface area contributed by atoms with E-state index in [0.717, 1.165) is 25.7 Å². The topological polar surface area (TPSA) is 93.0 Å². The molecule has 1 aliphatic carbocycles. The van der Waals surface area contributed by atoms with Gasteiger partial charge in [0, 0.05) is 12.6 Å². The van der Waals surface area contributed by atoms with E-state index in [1.165, 1.54) is 40.3 Å². The Kier molecular flexibility index (Phi) is 5.74. The second kappa shape index (κ2) is 8.61. The molecule has 1 saturated carbocycles. The predicted octanol–water partition coefficient (Wildman–Crippen LogP) is 2.62. The Morgan fingerprint density at radius 2 is 1.80 bits per heavy atom. The number of rotatable bonds is 4. The minimum Gasteiger partial charge on any atom is -0.368 e. The highest BCUT2D eigenvalue weighted by molar-refractivity contribution is 6.41. The van der Waals surface area contributed by atoms with Crippen molar-refractivity contribution >= 4 is 23.2 Å². The van der Waals surface area contributed by atoms with Gasteiger partial charge in [-0.15, -0.1) is 0 Å². The first-order chi connectivity index (χ1) is 14.5. The van der Waals surface area contributed by atoms with Gasteiger partial charge in [0.15, 0.2) is 0 Å². The Labute approximate surface area is 173 Å². The number of carbonyl (C=O) groups excluding carboxylic acids is 2. The van der Waals surface area contributed by atoms with Crippen LogP contribution in [0.5, 0.6) is 0 Å². The van der Waals surface area contributed by atoms with E-state index in [-0.39, 0.29) is 24.1 Å². The van der Waals surface area contributed by atoms with Crippen molar-refractivity contribution in [3.05, 3.63) is 60.0 Å². The summed E-state index contributed by atoms with van der Waals surface area (Å²) in [6.07, 6.45) is 7.30. The second-order valence-corrected chi connectivity index (χ2v) is 7.64. The fourth-order valence-electron chi connectivity index (χ4n) is 3.94. The molecule has 1 aromatic heterocycles. The van der Waals surface area contributed by atoms with Gasteiger partial charge in [0.05, 0.1) is 11.7 Å². The maximum Gasteiger partial charge on any atom is 0.279 e. The number of aromatic nitrogens is 1. The first kappa shape index (κ1) is 20.0. The van der Waals surface area contributed by atoms with Gasteiger partial charge >= 0.3 is 0 Å². The van der Waals surface area contributed by atoms with Crippen LogP contribution in [0.1, 0.15) is 43.3 Å². The lowest BCUT2D eigenvalue weighted by molar-refractivity contribution is -0.119. The van der Waals surface area contributed by atoms with Crippen molar-refractivity contribution in [2.24, 2.45) is 15.8 Å². The fourth-order valence-corrected chi connectivity index (χ4v) is 3.94. The number of amides is 1. The van der Waals surface area contributed by atoms with Crippen LogP contribution in [-0.4, -0.2) is 34.2 Å². The quantitative estimate of drug-likeness (QED) is 0.841. The highest BCUT2D eigenvalue weighted by Gasteiger charge is 2.35. The molecule has 1 amide bonds. The number of carbonyl (C=O) groups is 2. The maximum absolute atomic E-state index is 13.3. The van der Waals surface area contributed by atoms with E-state index in [1.807, 2.05) is 12.1 Å². The molecule has 1 fully saturated rings. The standard InChI is InChI=1S/C22H24FN5O2/c23-15-9-11-17(12-10-15)28-19(21(24)29)14-18(26-28)22(30)27-13-5-4-8-20(27)25-16-6-2-1-3-7-16/h4-5,8-13,16,19H,1-3,6-7,14H2,(H2,24,29). The highest BCUT2D eigenvalue weighted by atomic mass is 19.1. The van der Waals surface area contributed by atoms with Crippen LogP contribution >= 0.6 is 0 Å². The van der Waals surface area contributed by atoms with Gasteiger partial charge < -0.3 is 5.73 Å². The van der Waals surface area contributed by atoms with Crippen molar-refractivity contribution in [1.82, 2.24) is 4.57 Å². The molecule has 0 saturated heterocycles. The van der Waals surface area contributed by atoms with Crippen molar-refractivity contribution in [2.75, 3.05) is 5.01 Å². The third kappa shape index (κ3) is 4.17. The highest BCUT2D eigenvalue weighted by Crippen LogP contribution is 2.25. The van der Waals surface area contributed by atoms with Crippen LogP contribution in [0, 0.1) is 5.82 Å². The summed E-state index contributed by atoms with van der Waals surface area (Å²) in [7, 11) is 0. The summed E-state index contributed by atoms with van der Waals surface area (Å²) >= 11 is 0. The second-order valence-electron chi connectivity index (χ2n) is 7.64. The molecule has 1 unspecified atom stereocenters. The van der Waals surface area contributed by atoms with Crippen molar-refractivity contribution in [3.8, 4) is 0 Å². The number of hydrogen-bond acceptors (Lipinski definition) is 5. The molecule has 2 aromatic rings. The molecule has 0 spiro atoms. The lowest BCUT2D eigenvalue weighted by atomic mass is 9.96. The number of nitrogens with two attached hydrogens (primary N) is 1. The van der Waals surface area contributed by atoms with Crippen LogP contribution in [0.4, 0.5) is 10.1 Å². The van der Waals surface area contributed by atoms with Gasteiger partial charge in [0.1, 0.15) is 23.1 Å². The van der Waals surface area contributed by atoms with E-state index in [0.29, 0.717) is 11.2 Å². The van der Waals surface area contributed by atoms with Crippen LogP contribution in [-0.2, 0) is 4.79 Å². The molecular weight excluding hydrogens is 385 g/mol. The van der Waals surface area contributed by atoms with Crippen molar-refractivity contribution in [3.63, 3.8) is 0 Å². The summed E-state index contributed by atoms with van der Waals surface area (Å²) in [5.41, 5.74) is 6.82. The molecule has 30 heavy (non-hydrogen) atoms. The van der Waals surface area contributed by atoms with Gasteiger partial charge in [0.25, 0.3) is 5.91 Å². The van der Waals surface area contributed by atoms with E-state index in [1.54, 1.807) is 12.3 Å². The van der Waals surface area contributed by atoms with Crippen molar-refractivity contribution in [1.29, 1.82) is 0 Å². The summed E-state index contributed by atoms with van der Waals surface area (Å²) in [5.74, 6) is -1.35. The van der Waals surface area contributed by atoms with Gasteiger partial charge in [-0.3, -0.25) is 24.2 Å². The summed E-state index contributed by atoms with van der Waals surface area (Å²) in [5, 5.41) is 5.75. The average Bonchev–Trinajstić information content (AvgIpc) is 3.21. The molecule has 7 nitrogen and oxygen atoms in total. The normalized spacial score (nSPS) is 20.3. The number of nitrogens with zero attached hydrogens (tertiary/aromatic N) is 4. The number of benzene rings is 1. The predicted molar refractivity (Wildman–Crippen MR) is 111 cm³/mol. The fraction of sp³-hybridized carbons (Fsp3) is 0.364. The van der Waals surface area contributed by atoms with Gasteiger partial charge in [0.2, 0.25) is 5.91 Å². The Bertz CT molecular complexity index is 1040. The average molecular weight is 409 g/mol. The molecule has 0 bridgehead atoms. The third-order valence-corrected chi connectivity index (χ3v) is 5.52. The van der Waals surface area contributed by atoms with Gasteiger partial charge in [-0.2, -0.15) is 5.10 Å². The Morgan fingerprint density at radius 3 is 2.50 bits per heavy atom. The molecule has 1 aromatic carbocycles. The lowest BCUT2D eigenvalue weighted by Crippen LogP contribution is -2.39. The van der Waals surface area contributed by atoms with E-state index < -0.39 is 17.8 Å². The Morgan fingerprint density at radius 1 is 1.07 bits per heavy atom. The van der Waals surface area contributed by atoms with E-state index in [9.17, 15) is 14.0 Å². The Hall–Kier alpha value is -3.29. The number of anilines is 1. The molecule has 2 heterocycles. The zero-order valence-electron chi connectivity index (χ0n) is 16.6. The molecule has 1 aliphatic heterocycles. The molecule has 1 atom stereocenters. The summed E-state index contributed by atoms with van der Waals surface area (Å²) in [6, 6.07) is 10.4. The van der Waals surface area contributed by atoms with Gasteiger partial charge in [-0.05, 0) is 49.2 Å². The van der Waals surface area contributed by atoms with Crippen molar-refractivity contribution in [2.45, 2.75) is 50.6 Å². The lowest BCUT2D eigenvalue weighted by Gasteiger charge is -2.20. The van der Waals surface area contributed by atoms with Gasteiger partial charge in [-0.1, -0.05) is 25.3 Å². The summed E-state index contributed by atoms with van der Waals surface area (Å²) < 4.78 is 14.8. The SMILES string of the molecule is NC(=O)C1CC(C(=O)n2ccccc2=NC2CCCCC2)=NN1c1ccc(F)cc1. The van der Waals surface area contributed by atoms with Crippen LogP contribution in [0.2, 0.25) is 0 Å². The van der Waals surface area contributed by atoms with Crippen LogP contribution in [0.3, 0.4) is 0 Å². The number of hydrazone groups is 1. The first-order valence-corrected chi connectivity index (χ1v) is 10.2. The minimum atomic E-state index is -0.808. The molecule has 8 heteroatoms.